The number of fused-ring (bicyclic) bond motifs is 1. The van der Waals surface area contributed by atoms with Crippen molar-refractivity contribution in [1.82, 2.24) is 0 Å². The summed E-state index contributed by atoms with van der Waals surface area (Å²) in [5.41, 5.74) is 0. The minimum atomic E-state index is -3.02. The van der Waals surface area contributed by atoms with E-state index >= 15 is 0 Å². The fraction of sp³-hybridized carbons (Fsp3) is 0.462. The van der Waals surface area contributed by atoms with Crippen molar-refractivity contribution in [2.45, 2.75) is 18.9 Å². The van der Waals surface area contributed by atoms with Crippen LogP contribution in [0, 0.1) is 0 Å². The fourth-order valence-corrected chi connectivity index (χ4v) is 2.52. The highest BCUT2D eigenvalue weighted by Crippen LogP contribution is 2.31. The second kappa shape index (κ2) is 5.61. The third-order valence-corrected chi connectivity index (χ3v) is 3.84. The summed E-state index contributed by atoms with van der Waals surface area (Å²) in [6, 6.07) is 7.15. The Morgan fingerprint density at radius 1 is 1.32 bits per heavy atom. The summed E-state index contributed by atoms with van der Waals surface area (Å²) in [7, 11) is -3.02. The van der Waals surface area contributed by atoms with E-state index in [-0.39, 0.29) is 24.6 Å². The number of benzene rings is 1. The zero-order valence-electron chi connectivity index (χ0n) is 10.7. The van der Waals surface area contributed by atoms with Crippen molar-refractivity contribution in [1.29, 1.82) is 0 Å². The minimum Gasteiger partial charge on any atom is -0.485 e. The van der Waals surface area contributed by atoms with E-state index < -0.39 is 15.9 Å². The first-order valence-electron chi connectivity index (χ1n) is 6.04. The van der Waals surface area contributed by atoms with Crippen LogP contribution < -0.4 is 9.47 Å². The van der Waals surface area contributed by atoms with Crippen LogP contribution in [0.3, 0.4) is 0 Å². The molecule has 1 aromatic rings. The average Bonchev–Trinajstić information content (AvgIpc) is 2.36. The van der Waals surface area contributed by atoms with Gasteiger partial charge < -0.3 is 9.47 Å². The lowest BCUT2D eigenvalue weighted by Crippen LogP contribution is -2.36. The van der Waals surface area contributed by atoms with E-state index in [1.165, 1.54) is 0 Å². The molecule has 0 saturated carbocycles. The van der Waals surface area contributed by atoms with E-state index in [0.29, 0.717) is 17.9 Å². The van der Waals surface area contributed by atoms with Gasteiger partial charge in [-0.05, 0) is 18.6 Å². The monoisotopic (exact) mass is 284 g/mol. The van der Waals surface area contributed by atoms with E-state index in [4.69, 9.17) is 9.47 Å². The normalized spacial score (nSPS) is 18.1. The lowest BCUT2D eigenvalue weighted by Gasteiger charge is -2.25. The van der Waals surface area contributed by atoms with Crippen molar-refractivity contribution in [3.63, 3.8) is 0 Å². The Bertz CT molecular complexity index is 564. The molecular formula is C13H16O5S. The molecule has 19 heavy (non-hydrogen) atoms. The lowest BCUT2D eigenvalue weighted by molar-refractivity contribution is -0.128. The van der Waals surface area contributed by atoms with Crippen molar-refractivity contribution in [3.05, 3.63) is 24.3 Å². The summed E-state index contributed by atoms with van der Waals surface area (Å²) in [5.74, 6) is 1.07. The van der Waals surface area contributed by atoms with E-state index in [0.717, 1.165) is 6.26 Å². The van der Waals surface area contributed by atoms with Gasteiger partial charge in [0.15, 0.2) is 23.4 Å². The maximum absolute atomic E-state index is 11.9. The van der Waals surface area contributed by atoms with Crippen molar-refractivity contribution in [2.75, 3.05) is 18.6 Å². The van der Waals surface area contributed by atoms with Crippen molar-refractivity contribution >= 4 is 15.6 Å². The van der Waals surface area contributed by atoms with Gasteiger partial charge in [-0.1, -0.05) is 12.1 Å². The summed E-state index contributed by atoms with van der Waals surface area (Å²) >= 11 is 0. The molecule has 6 heteroatoms. The molecule has 0 aromatic heterocycles. The number of sulfone groups is 1. The van der Waals surface area contributed by atoms with Crippen LogP contribution in [0.5, 0.6) is 11.5 Å². The van der Waals surface area contributed by atoms with Gasteiger partial charge in [0.05, 0.1) is 5.75 Å². The predicted octanol–water partition coefficient (Wildman–Crippen LogP) is 1.22. The maximum atomic E-state index is 11.9. The fourth-order valence-electron chi connectivity index (χ4n) is 1.85. The Morgan fingerprint density at radius 2 is 2.00 bits per heavy atom. The van der Waals surface area contributed by atoms with Gasteiger partial charge >= 0.3 is 0 Å². The van der Waals surface area contributed by atoms with Crippen LogP contribution in [0.4, 0.5) is 0 Å². The Hall–Kier alpha value is -1.56. The Morgan fingerprint density at radius 3 is 2.68 bits per heavy atom. The molecule has 0 radical (unpaired) electrons. The molecule has 0 aliphatic carbocycles. The van der Waals surface area contributed by atoms with Gasteiger partial charge in [-0.25, -0.2) is 8.42 Å². The van der Waals surface area contributed by atoms with E-state index in [1.54, 1.807) is 18.2 Å². The SMILES string of the molecule is CS(=O)(=O)CCCC(=O)C1COc2ccccc2O1. The summed E-state index contributed by atoms with van der Waals surface area (Å²) in [5, 5.41) is 0. The quantitative estimate of drug-likeness (QED) is 0.813. The Labute approximate surface area is 112 Å². The average molecular weight is 284 g/mol. The van der Waals surface area contributed by atoms with Crippen molar-refractivity contribution < 1.29 is 22.7 Å². The van der Waals surface area contributed by atoms with Crippen LogP contribution >= 0.6 is 0 Å². The number of hydrogen-bond acceptors (Lipinski definition) is 5. The first-order chi connectivity index (χ1) is 8.96. The molecule has 1 aliphatic heterocycles. The van der Waals surface area contributed by atoms with Crippen molar-refractivity contribution in [2.24, 2.45) is 0 Å². The highest BCUT2D eigenvalue weighted by atomic mass is 32.2. The smallest absolute Gasteiger partial charge is 0.190 e. The van der Waals surface area contributed by atoms with Crippen LogP contribution in [-0.4, -0.2) is 38.9 Å². The van der Waals surface area contributed by atoms with Crippen LogP contribution in [0.2, 0.25) is 0 Å². The summed E-state index contributed by atoms with van der Waals surface area (Å²) < 4.78 is 33.0. The van der Waals surface area contributed by atoms with E-state index in [1.807, 2.05) is 6.07 Å². The molecule has 0 bridgehead atoms. The summed E-state index contributed by atoms with van der Waals surface area (Å²) in [6.45, 7) is 0.175. The zero-order valence-corrected chi connectivity index (χ0v) is 11.5. The Balaban J connectivity index is 1.89. The van der Waals surface area contributed by atoms with Crippen LogP contribution in [0.15, 0.2) is 24.3 Å². The summed E-state index contributed by atoms with van der Waals surface area (Å²) in [4.78, 5) is 11.9. The predicted molar refractivity (Wildman–Crippen MR) is 70.3 cm³/mol. The molecule has 1 atom stereocenters. The first kappa shape index (κ1) is 13.9. The number of ether oxygens (including phenoxy) is 2. The Kier molecular flexibility index (Phi) is 4.09. The van der Waals surface area contributed by atoms with Gasteiger partial charge in [0.25, 0.3) is 0 Å². The van der Waals surface area contributed by atoms with Gasteiger partial charge in [-0.3, -0.25) is 4.79 Å². The molecule has 0 spiro atoms. The molecule has 0 fully saturated rings. The van der Waals surface area contributed by atoms with Gasteiger partial charge in [0.2, 0.25) is 0 Å². The minimum absolute atomic E-state index is 0.0168. The highest BCUT2D eigenvalue weighted by molar-refractivity contribution is 7.90. The molecule has 1 unspecified atom stereocenters. The number of rotatable bonds is 5. The van der Waals surface area contributed by atoms with E-state index in [9.17, 15) is 13.2 Å². The third kappa shape index (κ3) is 3.96. The number of carbonyl (C=O) groups excluding carboxylic acids is 1. The molecule has 1 heterocycles. The number of hydrogen-bond donors (Lipinski definition) is 0. The number of Topliss-reactive ketones (excluding diaryl/α,β-unsaturated/α-hetero) is 1. The molecule has 0 amide bonds. The largest absolute Gasteiger partial charge is 0.485 e. The zero-order chi connectivity index (χ0) is 13.9. The van der Waals surface area contributed by atoms with Crippen molar-refractivity contribution in [3.8, 4) is 11.5 Å². The molecular weight excluding hydrogens is 268 g/mol. The maximum Gasteiger partial charge on any atom is 0.190 e. The molecule has 2 rings (SSSR count). The second-order valence-electron chi connectivity index (χ2n) is 4.56. The molecule has 104 valence electrons. The van der Waals surface area contributed by atoms with E-state index in [2.05, 4.69) is 0 Å². The molecule has 0 N–H and O–H groups in total. The van der Waals surface area contributed by atoms with Crippen LogP contribution in [-0.2, 0) is 14.6 Å². The molecule has 1 aliphatic rings. The van der Waals surface area contributed by atoms with Gasteiger partial charge in [0, 0.05) is 12.7 Å². The van der Waals surface area contributed by atoms with Gasteiger partial charge in [-0.2, -0.15) is 0 Å². The van der Waals surface area contributed by atoms with Gasteiger partial charge in [-0.15, -0.1) is 0 Å². The molecule has 0 saturated heterocycles. The number of ketones is 1. The van der Waals surface area contributed by atoms with Crippen LogP contribution in [0.25, 0.3) is 0 Å². The standard InChI is InChI=1S/C13H16O5S/c1-19(15,16)8-4-5-10(14)13-9-17-11-6-2-3-7-12(11)18-13/h2-3,6-7,13H,4-5,8-9H2,1H3. The van der Waals surface area contributed by atoms with Crippen LogP contribution in [0.1, 0.15) is 12.8 Å². The third-order valence-electron chi connectivity index (χ3n) is 2.81. The summed E-state index contributed by atoms with van der Waals surface area (Å²) in [6.07, 6.45) is 1.02. The second-order valence-corrected chi connectivity index (χ2v) is 6.82. The molecule has 1 aromatic carbocycles. The van der Waals surface area contributed by atoms with Gasteiger partial charge in [0.1, 0.15) is 16.4 Å². The number of carbonyl (C=O) groups is 1. The number of para-hydroxylation sites is 2. The molecule has 5 nitrogen and oxygen atoms in total. The topological polar surface area (TPSA) is 69.7 Å². The highest BCUT2D eigenvalue weighted by Gasteiger charge is 2.26. The lowest BCUT2D eigenvalue weighted by atomic mass is 10.1. The first-order valence-corrected chi connectivity index (χ1v) is 8.11.